The van der Waals surface area contributed by atoms with Gasteiger partial charge < -0.3 is 10.4 Å². The number of carboxylic acids is 1. The van der Waals surface area contributed by atoms with Crippen LogP contribution >= 0.6 is 0 Å². The zero-order valence-corrected chi connectivity index (χ0v) is 8.06. The molecule has 0 aliphatic heterocycles. The number of allylic oxidation sites excluding steroid dienone is 1. The van der Waals surface area contributed by atoms with E-state index in [1.807, 2.05) is 0 Å². The Labute approximate surface area is 87.2 Å². The SMILES string of the molecule is C=CC(=O)c1ccccc1NCC(=O)O. The van der Waals surface area contributed by atoms with Crippen LogP contribution in [0, 0.1) is 0 Å². The third-order valence-electron chi connectivity index (χ3n) is 1.81. The van der Waals surface area contributed by atoms with E-state index in [-0.39, 0.29) is 12.3 Å². The van der Waals surface area contributed by atoms with Crippen molar-refractivity contribution in [3.05, 3.63) is 42.5 Å². The first-order valence-electron chi connectivity index (χ1n) is 4.36. The van der Waals surface area contributed by atoms with Gasteiger partial charge in [-0.3, -0.25) is 9.59 Å². The predicted molar refractivity (Wildman–Crippen MR) is 57.1 cm³/mol. The van der Waals surface area contributed by atoms with E-state index in [1.54, 1.807) is 24.3 Å². The Morgan fingerprint density at radius 1 is 1.40 bits per heavy atom. The van der Waals surface area contributed by atoms with Gasteiger partial charge in [0, 0.05) is 11.3 Å². The monoisotopic (exact) mass is 205 g/mol. The lowest BCUT2D eigenvalue weighted by Crippen LogP contribution is -2.14. The zero-order valence-electron chi connectivity index (χ0n) is 8.06. The summed E-state index contributed by atoms with van der Waals surface area (Å²) in [5.41, 5.74) is 0.929. The van der Waals surface area contributed by atoms with E-state index in [9.17, 15) is 9.59 Å². The van der Waals surface area contributed by atoms with Gasteiger partial charge in [0.25, 0.3) is 0 Å². The van der Waals surface area contributed by atoms with Crippen LogP contribution in [0.1, 0.15) is 10.4 Å². The van der Waals surface area contributed by atoms with E-state index in [2.05, 4.69) is 11.9 Å². The predicted octanol–water partition coefficient (Wildman–Crippen LogP) is 1.55. The van der Waals surface area contributed by atoms with Crippen LogP contribution in [0.3, 0.4) is 0 Å². The lowest BCUT2D eigenvalue weighted by Gasteiger charge is -2.07. The highest BCUT2D eigenvalue weighted by Crippen LogP contribution is 2.15. The molecule has 4 heteroatoms. The van der Waals surface area contributed by atoms with Gasteiger partial charge in [0.15, 0.2) is 5.78 Å². The van der Waals surface area contributed by atoms with Gasteiger partial charge in [-0.2, -0.15) is 0 Å². The number of rotatable bonds is 5. The fraction of sp³-hybridized carbons (Fsp3) is 0.0909. The Morgan fingerprint density at radius 3 is 2.67 bits per heavy atom. The molecule has 1 rings (SSSR count). The van der Waals surface area contributed by atoms with E-state index < -0.39 is 5.97 Å². The van der Waals surface area contributed by atoms with E-state index in [0.717, 1.165) is 0 Å². The van der Waals surface area contributed by atoms with Crippen molar-refractivity contribution in [3.63, 3.8) is 0 Å². The first-order chi connectivity index (χ1) is 7.15. The Kier molecular flexibility index (Phi) is 3.62. The number of anilines is 1. The molecule has 1 aromatic rings. The summed E-state index contributed by atoms with van der Waals surface area (Å²) in [6, 6.07) is 6.71. The van der Waals surface area contributed by atoms with Gasteiger partial charge in [-0.1, -0.05) is 18.7 Å². The van der Waals surface area contributed by atoms with Crippen molar-refractivity contribution in [1.82, 2.24) is 0 Å². The van der Waals surface area contributed by atoms with Crippen LogP contribution in [-0.2, 0) is 4.79 Å². The average molecular weight is 205 g/mol. The molecule has 1 aromatic carbocycles. The maximum absolute atomic E-state index is 11.4. The third kappa shape index (κ3) is 2.95. The quantitative estimate of drug-likeness (QED) is 0.565. The van der Waals surface area contributed by atoms with Crippen molar-refractivity contribution < 1.29 is 14.7 Å². The fourth-order valence-corrected chi connectivity index (χ4v) is 1.13. The Balaban J connectivity index is 2.91. The standard InChI is InChI=1S/C11H11NO3/c1-2-10(13)8-5-3-4-6-9(8)12-7-11(14)15/h2-6,12H,1,7H2,(H,14,15). The summed E-state index contributed by atoms with van der Waals surface area (Å²) < 4.78 is 0. The minimum atomic E-state index is -0.976. The molecular formula is C11H11NO3. The van der Waals surface area contributed by atoms with Gasteiger partial charge >= 0.3 is 5.97 Å². The molecule has 0 spiro atoms. The van der Waals surface area contributed by atoms with Crippen molar-refractivity contribution in [2.24, 2.45) is 0 Å². The summed E-state index contributed by atoms with van der Waals surface area (Å²) in [6.07, 6.45) is 1.20. The highest BCUT2D eigenvalue weighted by atomic mass is 16.4. The molecule has 0 amide bonds. The van der Waals surface area contributed by atoms with Crippen molar-refractivity contribution >= 4 is 17.4 Å². The van der Waals surface area contributed by atoms with Crippen LogP contribution in [0.4, 0.5) is 5.69 Å². The lowest BCUT2D eigenvalue weighted by atomic mass is 10.1. The average Bonchev–Trinajstić information content (AvgIpc) is 2.25. The molecule has 0 aliphatic carbocycles. The second-order valence-electron chi connectivity index (χ2n) is 2.86. The molecular weight excluding hydrogens is 194 g/mol. The highest BCUT2D eigenvalue weighted by molar-refractivity contribution is 6.08. The third-order valence-corrected chi connectivity index (χ3v) is 1.81. The molecule has 0 aromatic heterocycles. The number of aliphatic carboxylic acids is 1. The smallest absolute Gasteiger partial charge is 0.322 e. The van der Waals surface area contributed by atoms with Crippen LogP contribution < -0.4 is 5.32 Å². The molecule has 0 saturated carbocycles. The number of ketones is 1. The number of carboxylic acid groups (broad SMARTS) is 1. The number of carbonyl (C=O) groups is 2. The molecule has 0 bridgehead atoms. The van der Waals surface area contributed by atoms with Crippen LogP contribution in [0.25, 0.3) is 0 Å². The number of nitrogens with one attached hydrogen (secondary N) is 1. The van der Waals surface area contributed by atoms with Crippen molar-refractivity contribution in [3.8, 4) is 0 Å². The molecule has 0 fully saturated rings. The maximum atomic E-state index is 11.4. The molecule has 0 heterocycles. The molecule has 0 unspecified atom stereocenters. The van der Waals surface area contributed by atoms with Gasteiger partial charge in [0.1, 0.15) is 6.54 Å². The number of hydrogen-bond acceptors (Lipinski definition) is 3. The normalized spacial score (nSPS) is 9.33. The second kappa shape index (κ2) is 4.95. The van der Waals surface area contributed by atoms with Crippen LogP contribution in [-0.4, -0.2) is 23.4 Å². The lowest BCUT2D eigenvalue weighted by molar-refractivity contribution is -0.134. The van der Waals surface area contributed by atoms with E-state index in [4.69, 9.17) is 5.11 Å². The Bertz CT molecular complexity index is 399. The summed E-state index contributed by atoms with van der Waals surface area (Å²) in [4.78, 5) is 21.7. The molecule has 0 aliphatic rings. The summed E-state index contributed by atoms with van der Waals surface area (Å²) in [5.74, 6) is -1.21. The number of hydrogen-bond donors (Lipinski definition) is 2. The van der Waals surface area contributed by atoms with Crippen LogP contribution in [0.15, 0.2) is 36.9 Å². The van der Waals surface area contributed by atoms with E-state index in [1.165, 1.54) is 6.08 Å². The van der Waals surface area contributed by atoms with Gasteiger partial charge in [0.2, 0.25) is 0 Å². The number of para-hydroxylation sites is 1. The van der Waals surface area contributed by atoms with Crippen molar-refractivity contribution in [1.29, 1.82) is 0 Å². The van der Waals surface area contributed by atoms with Gasteiger partial charge in [-0.15, -0.1) is 0 Å². The fourth-order valence-electron chi connectivity index (χ4n) is 1.13. The molecule has 0 radical (unpaired) electrons. The minimum absolute atomic E-state index is 0.221. The summed E-state index contributed by atoms with van der Waals surface area (Å²) in [6.45, 7) is 3.16. The molecule has 4 nitrogen and oxygen atoms in total. The Morgan fingerprint density at radius 2 is 2.07 bits per heavy atom. The first kappa shape index (κ1) is 11.0. The molecule has 0 saturated heterocycles. The second-order valence-corrected chi connectivity index (χ2v) is 2.86. The summed E-state index contributed by atoms with van der Waals surface area (Å²) in [5, 5.41) is 11.2. The molecule has 2 N–H and O–H groups in total. The van der Waals surface area contributed by atoms with E-state index >= 15 is 0 Å². The zero-order chi connectivity index (χ0) is 11.3. The van der Waals surface area contributed by atoms with Gasteiger partial charge in [0.05, 0.1) is 0 Å². The Hall–Kier alpha value is -2.10. The van der Waals surface area contributed by atoms with Crippen LogP contribution in [0.2, 0.25) is 0 Å². The van der Waals surface area contributed by atoms with E-state index in [0.29, 0.717) is 11.3 Å². The largest absolute Gasteiger partial charge is 0.480 e. The maximum Gasteiger partial charge on any atom is 0.322 e. The van der Waals surface area contributed by atoms with Crippen molar-refractivity contribution in [2.45, 2.75) is 0 Å². The first-order valence-corrected chi connectivity index (χ1v) is 4.36. The number of benzene rings is 1. The summed E-state index contributed by atoms with van der Waals surface area (Å²) in [7, 11) is 0. The van der Waals surface area contributed by atoms with Crippen molar-refractivity contribution in [2.75, 3.05) is 11.9 Å². The summed E-state index contributed by atoms with van der Waals surface area (Å²) >= 11 is 0. The topological polar surface area (TPSA) is 66.4 Å². The molecule has 78 valence electrons. The highest BCUT2D eigenvalue weighted by Gasteiger charge is 2.07. The minimum Gasteiger partial charge on any atom is -0.480 e. The molecule has 0 atom stereocenters. The molecule has 15 heavy (non-hydrogen) atoms. The van der Waals surface area contributed by atoms with Gasteiger partial charge in [-0.25, -0.2) is 0 Å². The van der Waals surface area contributed by atoms with Gasteiger partial charge in [-0.05, 0) is 18.2 Å². The van der Waals surface area contributed by atoms with Crippen LogP contribution in [0.5, 0.6) is 0 Å². The number of carbonyl (C=O) groups excluding carboxylic acids is 1.